The molecule has 24 heavy (non-hydrogen) atoms. The molecule has 1 aliphatic carbocycles. The number of nitrogens with one attached hydrogen (secondary N) is 2. The third-order valence-electron chi connectivity index (χ3n) is 4.22. The summed E-state index contributed by atoms with van der Waals surface area (Å²) in [5, 5.41) is 5.77. The Balaban J connectivity index is 0.00000288. The number of amides is 2. The van der Waals surface area contributed by atoms with E-state index in [0.29, 0.717) is 18.8 Å². The summed E-state index contributed by atoms with van der Waals surface area (Å²) in [5.41, 5.74) is 7.69. The van der Waals surface area contributed by atoms with E-state index in [2.05, 4.69) is 10.6 Å². The SMILES string of the molecule is CC(C)NC(=O)Cc1ccc(NC(=O)C[C@@H]2CCC[C@H]2N)cc1.Cl. The average Bonchev–Trinajstić information content (AvgIpc) is 2.85. The Morgan fingerprint density at radius 2 is 1.83 bits per heavy atom. The van der Waals surface area contributed by atoms with E-state index in [1.165, 1.54) is 0 Å². The molecule has 5 nitrogen and oxygen atoms in total. The maximum absolute atomic E-state index is 12.1. The minimum atomic E-state index is 0. The first-order valence-electron chi connectivity index (χ1n) is 8.38. The molecule has 1 fully saturated rings. The molecule has 2 rings (SSSR count). The van der Waals surface area contributed by atoms with Crippen molar-refractivity contribution in [3.8, 4) is 0 Å². The lowest BCUT2D eigenvalue weighted by Crippen LogP contribution is -2.31. The minimum absolute atomic E-state index is 0. The molecule has 1 aliphatic rings. The minimum Gasteiger partial charge on any atom is -0.354 e. The van der Waals surface area contributed by atoms with Crippen LogP contribution in [0.4, 0.5) is 5.69 Å². The highest BCUT2D eigenvalue weighted by Crippen LogP contribution is 2.27. The lowest BCUT2D eigenvalue weighted by Gasteiger charge is -2.15. The highest BCUT2D eigenvalue weighted by Gasteiger charge is 2.25. The third-order valence-corrected chi connectivity index (χ3v) is 4.22. The van der Waals surface area contributed by atoms with Crippen LogP contribution in [0.5, 0.6) is 0 Å². The van der Waals surface area contributed by atoms with Crippen LogP contribution in [0.1, 0.15) is 45.1 Å². The summed E-state index contributed by atoms with van der Waals surface area (Å²) in [5.74, 6) is 0.318. The van der Waals surface area contributed by atoms with E-state index in [-0.39, 0.29) is 36.3 Å². The summed E-state index contributed by atoms with van der Waals surface area (Å²) in [6.45, 7) is 3.87. The van der Waals surface area contributed by atoms with Crippen LogP contribution in [-0.4, -0.2) is 23.9 Å². The van der Waals surface area contributed by atoms with Crippen LogP contribution in [0.25, 0.3) is 0 Å². The van der Waals surface area contributed by atoms with Crippen molar-refractivity contribution >= 4 is 29.9 Å². The number of hydrogen-bond acceptors (Lipinski definition) is 3. The second-order valence-electron chi connectivity index (χ2n) is 6.70. The van der Waals surface area contributed by atoms with E-state index >= 15 is 0 Å². The van der Waals surface area contributed by atoms with Gasteiger partial charge in [0.05, 0.1) is 6.42 Å². The molecule has 0 spiro atoms. The fourth-order valence-electron chi connectivity index (χ4n) is 3.03. The van der Waals surface area contributed by atoms with Gasteiger partial charge in [-0.2, -0.15) is 0 Å². The van der Waals surface area contributed by atoms with Crippen molar-refractivity contribution in [1.82, 2.24) is 5.32 Å². The first kappa shape index (κ1) is 20.5. The van der Waals surface area contributed by atoms with Crippen LogP contribution in [0.2, 0.25) is 0 Å². The van der Waals surface area contributed by atoms with Crippen LogP contribution < -0.4 is 16.4 Å². The summed E-state index contributed by atoms with van der Waals surface area (Å²) >= 11 is 0. The maximum Gasteiger partial charge on any atom is 0.224 e. The van der Waals surface area contributed by atoms with E-state index in [1.54, 1.807) is 0 Å². The Labute approximate surface area is 150 Å². The summed E-state index contributed by atoms with van der Waals surface area (Å²) in [7, 11) is 0. The molecule has 0 radical (unpaired) electrons. The van der Waals surface area contributed by atoms with Gasteiger partial charge in [-0.15, -0.1) is 12.4 Å². The van der Waals surface area contributed by atoms with Gasteiger partial charge in [0, 0.05) is 24.2 Å². The molecule has 6 heteroatoms. The Morgan fingerprint density at radius 3 is 2.38 bits per heavy atom. The van der Waals surface area contributed by atoms with E-state index in [4.69, 9.17) is 5.73 Å². The molecule has 1 saturated carbocycles. The van der Waals surface area contributed by atoms with Gasteiger partial charge >= 0.3 is 0 Å². The normalized spacial score (nSPS) is 19.7. The van der Waals surface area contributed by atoms with E-state index in [1.807, 2.05) is 38.1 Å². The van der Waals surface area contributed by atoms with Gasteiger partial charge in [0.15, 0.2) is 0 Å². The topological polar surface area (TPSA) is 84.2 Å². The summed E-state index contributed by atoms with van der Waals surface area (Å²) < 4.78 is 0. The van der Waals surface area contributed by atoms with Crippen LogP contribution >= 0.6 is 12.4 Å². The molecule has 2 amide bonds. The molecule has 1 aromatic rings. The second kappa shape index (κ2) is 9.64. The van der Waals surface area contributed by atoms with Crippen LogP contribution in [0.3, 0.4) is 0 Å². The lowest BCUT2D eigenvalue weighted by molar-refractivity contribution is -0.121. The van der Waals surface area contributed by atoms with Crippen molar-refractivity contribution in [2.45, 2.75) is 58.0 Å². The molecule has 0 aliphatic heterocycles. The number of hydrogen-bond donors (Lipinski definition) is 3. The van der Waals surface area contributed by atoms with Crippen molar-refractivity contribution in [3.05, 3.63) is 29.8 Å². The number of anilines is 1. The summed E-state index contributed by atoms with van der Waals surface area (Å²) in [6.07, 6.45) is 4.01. The molecule has 2 atom stereocenters. The second-order valence-corrected chi connectivity index (χ2v) is 6.70. The van der Waals surface area contributed by atoms with Gasteiger partial charge in [0.2, 0.25) is 11.8 Å². The molecule has 134 valence electrons. The summed E-state index contributed by atoms with van der Waals surface area (Å²) in [6, 6.07) is 7.72. The molecule has 0 heterocycles. The predicted octanol–water partition coefficient (Wildman–Crippen LogP) is 2.63. The van der Waals surface area contributed by atoms with E-state index in [0.717, 1.165) is 30.5 Å². The fourth-order valence-corrected chi connectivity index (χ4v) is 3.03. The van der Waals surface area contributed by atoms with Crippen molar-refractivity contribution in [3.63, 3.8) is 0 Å². The predicted molar refractivity (Wildman–Crippen MR) is 99.2 cm³/mol. The zero-order valence-electron chi connectivity index (χ0n) is 14.4. The molecule has 0 aromatic heterocycles. The van der Waals surface area contributed by atoms with Gasteiger partial charge in [-0.25, -0.2) is 0 Å². The van der Waals surface area contributed by atoms with Gasteiger partial charge in [0.1, 0.15) is 0 Å². The van der Waals surface area contributed by atoms with Crippen molar-refractivity contribution < 1.29 is 9.59 Å². The molecular weight excluding hydrogens is 326 g/mol. The molecule has 4 N–H and O–H groups in total. The third kappa shape index (κ3) is 6.49. The van der Waals surface area contributed by atoms with Crippen LogP contribution in [0, 0.1) is 5.92 Å². The monoisotopic (exact) mass is 353 g/mol. The smallest absolute Gasteiger partial charge is 0.224 e. The van der Waals surface area contributed by atoms with E-state index in [9.17, 15) is 9.59 Å². The average molecular weight is 354 g/mol. The van der Waals surface area contributed by atoms with Gasteiger partial charge in [-0.3, -0.25) is 9.59 Å². The summed E-state index contributed by atoms with van der Waals surface area (Å²) in [4.78, 5) is 23.8. The quantitative estimate of drug-likeness (QED) is 0.735. The Hall–Kier alpha value is -1.59. The molecule has 0 saturated heterocycles. The standard InChI is InChI=1S/C18H27N3O2.ClH/c1-12(2)20-17(22)10-13-6-8-15(9-7-13)21-18(23)11-14-4-3-5-16(14)19;/h6-9,12,14,16H,3-5,10-11,19H2,1-2H3,(H,20,22)(H,21,23);1H/t14-,16+;/m0./s1. The van der Waals surface area contributed by atoms with Gasteiger partial charge in [0.25, 0.3) is 0 Å². The zero-order chi connectivity index (χ0) is 16.8. The first-order valence-corrected chi connectivity index (χ1v) is 8.38. The van der Waals surface area contributed by atoms with Gasteiger partial charge in [-0.05, 0) is 50.3 Å². The highest BCUT2D eigenvalue weighted by molar-refractivity contribution is 5.91. The largest absolute Gasteiger partial charge is 0.354 e. The Morgan fingerprint density at radius 1 is 1.17 bits per heavy atom. The van der Waals surface area contributed by atoms with Crippen molar-refractivity contribution in [2.75, 3.05) is 5.32 Å². The first-order chi connectivity index (χ1) is 10.9. The highest BCUT2D eigenvalue weighted by atomic mass is 35.5. The van der Waals surface area contributed by atoms with Crippen LogP contribution in [-0.2, 0) is 16.0 Å². The lowest BCUT2D eigenvalue weighted by atomic mass is 10.00. The number of halogens is 1. The number of carbonyl (C=O) groups is 2. The maximum atomic E-state index is 12.1. The Kier molecular flexibility index (Phi) is 8.22. The fraction of sp³-hybridized carbons (Fsp3) is 0.556. The van der Waals surface area contributed by atoms with Gasteiger partial charge in [-0.1, -0.05) is 18.6 Å². The Bertz CT molecular complexity index is 546. The van der Waals surface area contributed by atoms with Crippen molar-refractivity contribution in [2.24, 2.45) is 11.7 Å². The number of carbonyl (C=O) groups excluding carboxylic acids is 2. The molecule has 0 unspecified atom stereocenters. The zero-order valence-corrected chi connectivity index (χ0v) is 15.2. The van der Waals surface area contributed by atoms with Gasteiger partial charge < -0.3 is 16.4 Å². The molecule has 0 bridgehead atoms. The molecule has 1 aromatic carbocycles. The van der Waals surface area contributed by atoms with E-state index < -0.39 is 0 Å². The number of rotatable bonds is 6. The number of nitrogens with two attached hydrogens (primary N) is 1. The van der Waals surface area contributed by atoms with Crippen LogP contribution in [0.15, 0.2) is 24.3 Å². The molecular formula is C18H28ClN3O2. The van der Waals surface area contributed by atoms with Crippen molar-refractivity contribution in [1.29, 1.82) is 0 Å². The number of benzene rings is 1.